The van der Waals surface area contributed by atoms with Gasteiger partial charge in [0.25, 0.3) is 5.69 Å². The first-order valence-electron chi connectivity index (χ1n) is 26.9. The zero-order chi connectivity index (χ0) is 55.9. The van der Waals surface area contributed by atoms with Crippen LogP contribution in [-0.4, -0.2) is 106 Å². The average molecular weight is 1110 g/mol. The maximum Gasteiger partial charge on any atom is 0.513 e. The SMILES string of the molecule is CO[C@@H]1O[C@H](COCc2ccccc2)[C@H](O[C@H]2O[C@H](COCc3ccccc3)[C@H](OCc3ccccc3)[C@H](OCc3ccccc3)[C@H]2OCc2ccccc2)[C@H](OCc2ccccc2)[C@H]1OCCOC(=O)Oc1ccc([N+](=O)[O-])cc1. The first-order valence-corrected chi connectivity index (χ1v) is 26.9. The third-order valence-electron chi connectivity index (χ3n) is 13.5. The zero-order valence-electron chi connectivity index (χ0n) is 45.0. The van der Waals surface area contributed by atoms with Gasteiger partial charge in [0, 0.05) is 19.2 Å². The molecule has 9 rings (SSSR count). The van der Waals surface area contributed by atoms with Gasteiger partial charge in [-0.25, -0.2) is 4.79 Å². The molecule has 0 unspecified atom stereocenters. The lowest BCUT2D eigenvalue weighted by Crippen LogP contribution is -2.66. The van der Waals surface area contributed by atoms with E-state index in [4.69, 9.17) is 61.6 Å². The number of carbonyl (C=O) groups excluding carboxylic acids is 1. The number of carbonyl (C=O) groups is 1. The molecular formula is C64H67NO16. The topological polar surface area (TPSA) is 180 Å². The number of nitro benzene ring substituents is 1. The first kappa shape index (κ1) is 58.4. The summed E-state index contributed by atoms with van der Waals surface area (Å²) < 4.78 is 85.8. The van der Waals surface area contributed by atoms with Crippen LogP contribution in [0.25, 0.3) is 0 Å². The highest BCUT2D eigenvalue weighted by atomic mass is 16.8. The normalized spacial score (nSPS) is 22.6. The van der Waals surface area contributed by atoms with Crippen LogP contribution in [0.2, 0.25) is 0 Å². The second-order valence-electron chi connectivity index (χ2n) is 19.3. The van der Waals surface area contributed by atoms with Gasteiger partial charge < -0.3 is 61.6 Å². The molecule has 0 bridgehead atoms. The smallest absolute Gasteiger partial charge is 0.432 e. The zero-order valence-corrected chi connectivity index (χ0v) is 45.0. The fraction of sp³-hybridized carbons (Fsp3) is 0.328. The summed E-state index contributed by atoms with van der Waals surface area (Å²) in [5, 5.41) is 11.2. The van der Waals surface area contributed by atoms with Crippen LogP contribution in [0.5, 0.6) is 5.75 Å². The monoisotopic (exact) mass is 1110 g/mol. The highest BCUT2D eigenvalue weighted by molar-refractivity contribution is 5.64. The molecule has 7 aromatic rings. The van der Waals surface area contributed by atoms with Crippen molar-refractivity contribution in [1.82, 2.24) is 0 Å². The van der Waals surface area contributed by atoms with E-state index in [9.17, 15) is 14.9 Å². The number of hydrogen-bond donors (Lipinski definition) is 0. The van der Waals surface area contributed by atoms with Crippen molar-refractivity contribution < 1.29 is 71.3 Å². The van der Waals surface area contributed by atoms with Crippen LogP contribution in [0.15, 0.2) is 206 Å². The third-order valence-corrected chi connectivity index (χ3v) is 13.5. The molecule has 0 radical (unpaired) electrons. The summed E-state index contributed by atoms with van der Waals surface area (Å²) in [6.07, 6.45) is -10.6. The molecule has 2 aliphatic rings. The number of non-ortho nitro benzene ring substituents is 1. The molecule has 2 saturated heterocycles. The van der Waals surface area contributed by atoms with Crippen LogP contribution in [0.3, 0.4) is 0 Å². The van der Waals surface area contributed by atoms with Gasteiger partial charge in [0.15, 0.2) is 12.6 Å². The van der Waals surface area contributed by atoms with Crippen LogP contribution < -0.4 is 4.74 Å². The van der Waals surface area contributed by atoms with Gasteiger partial charge in [-0.1, -0.05) is 182 Å². The number of ether oxygens (including phenoxy) is 13. The van der Waals surface area contributed by atoms with Crippen LogP contribution in [0.4, 0.5) is 10.5 Å². The molecule has 0 N–H and O–H groups in total. The van der Waals surface area contributed by atoms with E-state index in [2.05, 4.69) is 0 Å². The van der Waals surface area contributed by atoms with Crippen LogP contribution in [0.1, 0.15) is 33.4 Å². The molecule has 81 heavy (non-hydrogen) atoms. The number of nitro groups is 1. The van der Waals surface area contributed by atoms with E-state index in [0.29, 0.717) is 6.61 Å². The summed E-state index contributed by atoms with van der Waals surface area (Å²) >= 11 is 0. The minimum absolute atomic E-state index is 0.0115. The number of nitrogens with zero attached hydrogens (tertiary/aromatic N) is 1. The Hall–Kier alpha value is -7.23. The van der Waals surface area contributed by atoms with E-state index in [-0.39, 0.29) is 70.9 Å². The maximum atomic E-state index is 12.9. The number of hydrogen-bond acceptors (Lipinski definition) is 16. The van der Waals surface area contributed by atoms with Crippen molar-refractivity contribution in [3.8, 4) is 5.75 Å². The molecule has 0 spiro atoms. The average Bonchev–Trinajstić information content (AvgIpc) is 3.52. The van der Waals surface area contributed by atoms with Gasteiger partial charge in [-0.3, -0.25) is 10.1 Å². The largest absolute Gasteiger partial charge is 0.513 e. The summed E-state index contributed by atoms with van der Waals surface area (Å²) in [6, 6.07) is 64.0. The Balaban J connectivity index is 1.06. The molecule has 0 aliphatic carbocycles. The summed E-state index contributed by atoms with van der Waals surface area (Å²) in [4.78, 5) is 23.5. The van der Waals surface area contributed by atoms with Crippen molar-refractivity contribution in [2.24, 2.45) is 0 Å². The van der Waals surface area contributed by atoms with Crippen LogP contribution >= 0.6 is 0 Å². The molecule has 10 atom stereocenters. The van der Waals surface area contributed by atoms with Gasteiger partial charge in [0.05, 0.1) is 64.4 Å². The Kier molecular flexibility index (Phi) is 22.4. The predicted octanol–water partition coefficient (Wildman–Crippen LogP) is 10.8. The Morgan fingerprint density at radius 1 is 0.432 bits per heavy atom. The Labute approximate surface area is 471 Å². The van der Waals surface area contributed by atoms with E-state index in [1.54, 1.807) is 0 Å². The molecule has 424 valence electrons. The van der Waals surface area contributed by atoms with Gasteiger partial charge in [-0.15, -0.1) is 0 Å². The van der Waals surface area contributed by atoms with E-state index >= 15 is 0 Å². The molecular weight excluding hydrogens is 1040 g/mol. The predicted molar refractivity (Wildman–Crippen MR) is 296 cm³/mol. The lowest BCUT2D eigenvalue weighted by Gasteiger charge is -2.50. The van der Waals surface area contributed by atoms with Gasteiger partial charge in [0.1, 0.15) is 61.2 Å². The van der Waals surface area contributed by atoms with Crippen molar-refractivity contribution in [2.45, 2.75) is 101 Å². The van der Waals surface area contributed by atoms with E-state index < -0.39 is 72.5 Å². The molecule has 0 aromatic heterocycles. The summed E-state index contributed by atoms with van der Waals surface area (Å²) in [6.45, 7) is 0.906. The number of methoxy groups -OCH3 is 1. The van der Waals surface area contributed by atoms with Crippen molar-refractivity contribution in [1.29, 1.82) is 0 Å². The third kappa shape index (κ3) is 17.6. The fourth-order valence-corrected chi connectivity index (χ4v) is 9.45. The molecule has 2 fully saturated rings. The highest BCUT2D eigenvalue weighted by Gasteiger charge is 2.54. The minimum Gasteiger partial charge on any atom is -0.432 e. The summed E-state index contributed by atoms with van der Waals surface area (Å²) in [5.41, 5.74) is 5.42. The van der Waals surface area contributed by atoms with Crippen molar-refractivity contribution in [2.75, 3.05) is 33.5 Å². The Morgan fingerprint density at radius 2 is 0.802 bits per heavy atom. The summed E-state index contributed by atoms with van der Waals surface area (Å²) in [7, 11) is 1.50. The number of rotatable bonds is 29. The van der Waals surface area contributed by atoms with Crippen LogP contribution in [0, 0.1) is 10.1 Å². The first-order chi connectivity index (χ1) is 39.9. The lowest BCUT2D eigenvalue weighted by molar-refractivity contribution is -0.384. The van der Waals surface area contributed by atoms with E-state index in [0.717, 1.165) is 33.4 Å². The fourth-order valence-electron chi connectivity index (χ4n) is 9.45. The Bertz CT molecular complexity index is 2900. The second-order valence-corrected chi connectivity index (χ2v) is 19.3. The minimum atomic E-state index is -1.21. The molecule has 2 heterocycles. The van der Waals surface area contributed by atoms with Crippen molar-refractivity contribution >= 4 is 11.8 Å². The maximum absolute atomic E-state index is 12.9. The quantitative estimate of drug-likeness (QED) is 0.0142. The molecule has 17 nitrogen and oxygen atoms in total. The van der Waals surface area contributed by atoms with Crippen molar-refractivity contribution in [3.05, 3.63) is 250 Å². The highest BCUT2D eigenvalue weighted by Crippen LogP contribution is 2.37. The molecule has 17 heteroatoms. The Morgan fingerprint density at radius 3 is 1.23 bits per heavy atom. The van der Waals surface area contributed by atoms with Gasteiger partial charge in [-0.05, 0) is 45.5 Å². The van der Waals surface area contributed by atoms with E-state index in [1.165, 1.54) is 31.4 Å². The molecule has 0 saturated carbocycles. The molecule has 2 aliphatic heterocycles. The standard InChI is InChI=1S/C64H67NO16/c1-69-62-60(72-36-37-73-64(66)78-53-34-32-52(33-35-53)65(67)68)59(76-42-50-28-16-6-17-29-50)57(55(79-62)45-71-39-47-22-10-3-11-23-47)81-63-61(77-43-51-30-18-7-19-31-51)58(75-41-49-26-14-5-15-27-49)56(74-40-48-24-12-4-13-25-48)54(80-63)44-70-38-46-20-8-2-9-21-46/h2-35,54-63H,36-45H2,1H3/t54-,55-,56+,57+,58+,59+,60-,61-,62-,63-/m1/s1. The second kappa shape index (κ2) is 31.1. The van der Waals surface area contributed by atoms with Crippen molar-refractivity contribution in [3.63, 3.8) is 0 Å². The lowest BCUT2D eigenvalue weighted by atomic mass is 9.95. The summed E-state index contributed by atoms with van der Waals surface area (Å²) in [5.74, 6) is 0.0595. The van der Waals surface area contributed by atoms with Crippen LogP contribution in [-0.2, 0) is 96.5 Å². The molecule has 0 amide bonds. The van der Waals surface area contributed by atoms with Gasteiger partial charge in [-0.2, -0.15) is 0 Å². The molecule has 7 aromatic carbocycles. The van der Waals surface area contributed by atoms with Gasteiger partial charge >= 0.3 is 6.16 Å². The van der Waals surface area contributed by atoms with E-state index in [1.807, 2.05) is 182 Å². The van der Waals surface area contributed by atoms with Gasteiger partial charge in [0.2, 0.25) is 0 Å². The number of benzene rings is 7.